The van der Waals surface area contributed by atoms with Gasteiger partial charge in [0.05, 0.1) is 10.9 Å². The number of pyridine rings is 2. The summed E-state index contributed by atoms with van der Waals surface area (Å²) in [4.78, 5) is 29.7. The van der Waals surface area contributed by atoms with Crippen molar-refractivity contribution in [1.29, 1.82) is 0 Å². The molecule has 0 fully saturated rings. The lowest BCUT2D eigenvalue weighted by Gasteiger charge is -2.11. The molecule has 0 aliphatic carbocycles. The molecule has 0 bridgehead atoms. The van der Waals surface area contributed by atoms with Crippen molar-refractivity contribution in [2.75, 3.05) is 0 Å². The Morgan fingerprint density at radius 3 is 2.58 bits per heavy atom. The number of carbonyl (C=O) groups excluding carboxylic acids is 1. The first-order valence-electron chi connectivity index (χ1n) is 8.18. The van der Waals surface area contributed by atoms with Gasteiger partial charge in [-0.25, -0.2) is 4.98 Å². The van der Waals surface area contributed by atoms with Crippen molar-refractivity contribution in [2.45, 2.75) is 33.2 Å². The number of aromatic nitrogens is 2. The van der Waals surface area contributed by atoms with Crippen LogP contribution in [0.1, 0.15) is 35.0 Å². The maximum absolute atomic E-state index is 12.7. The van der Waals surface area contributed by atoms with Crippen LogP contribution < -0.4 is 5.43 Å². The molecule has 0 spiro atoms. The lowest BCUT2D eigenvalue weighted by atomic mass is 10.0. The van der Waals surface area contributed by atoms with Gasteiger partial charge in [-0.05, 0) is 38.0 Å². The third kappa shape index (κ3) is 3.13. The molecule has 4 heteroatoms. The zero-order valence-electron chi connectivity index (χ0n) is 14.0. The SMILES string of the molecule is CCn1cc(C(=O)CCc2ccccc2)c(=O)c2ccc(C)nc21. The van der Waals surface area contributed by atoms with Crippen LogP contribution in [-0.2, 0) is 13.0 Å². The number of hydrogen-bond acceptors (Lipinski definition) is 3. The maximum atomic E-state index is 12.7. The van der Waals surface area contributed by atoms with Crippen LogP contribution in [0.4, 0.5) is 0 Å². The molecule has 2 aromatic heterocycles. The third-order valence-electron chi connectivity index (χ3n) is 4.19. The molecule has 0 atom stereocenters. The summed E-state index contributed by atoms with van der Waals surface area (Å²) in [6.07, 6.45) is 2.62. The average molecular weight is 320 g/mol. The molecule has 0 aliphatic heterocycles. The van der Waals surface area contributed by atoms with E-state index in [1.807, 2.05) is 54.8 Å². The Morgan fingerprint density at radius 1 is 1.12 bits per heavy atom. The topological polar surface area (TPSA) is 52.0 Å². The van der Waals surface area contributed by atoms with Crippen molar-refractivity contribution in [2.24, 2.45) is 0 Å². The summed E-state index contributed by atoms with van der Waals surface area (Å²) in [5.41, 5.74) is 2.63. The monoisotopic (exact) mass is 320 g/mol. The highest BCUT2D eigenvalue weighted by Crippen LogP contribution is 2.13. The van der Waals surface area contributed by atoms with E-state index < -0.39 is 0 Å². The molecule has 0 saturated heterocycles. The number of benzene rings is 1. The first kappa shape index (κ1) is 16.1. The third-order valence-corrected chi connectivity index (χ3v) is 4.19. The molecule has 2 heterocycles. The van der Waals surface area contributed by atoms with Crippen LogP contribution in [0, 0.1) is 6.92 Å². The van der Waals surface area contributed by atoms with Crippen molar-refractivity contribution >= 4 is 16.8 Å². The van der Waals surface area contributed by atoms with Gasteiger partial charge < -0.3 is 4.57 Å². The van der Waals surface area contributed by atoms with Crippen molar-refractivity contribution < 1.29 is 4.79 Å². The van der Waals surface area contributed by atoms with E-state index in [9.17, 15) is 9.59 Å². The zero-order chi connectivity index (χ0) is 17.1. The number of Topliss-reactive ketones (excluding diaryl/α,β-unsaturated/α-hetero) is 1. The van der Waals surface area contributed by atoms with E-state index in [0.29, 0.717) is 30.4 Å². The molecular formula is C20H20N2O2. The van der Waals surface area contributed by atoms with Crippen LogP contribution in [0.15, 0.2) is 53.5 Å². The lowest BCUT2D eigenvalue weighted by molar-refractivity contribution is 0.0981. The Morgan fingerprint density at radius 2 is 1.88 bits per heavy atom. The summed E-state index contributed by atoms with van der Waals surface area (Å²) in [6.45, 7) is 4.53. The summed E-state index contributed by atoms with van der Waals surface area (Å²) < 4.78 is 1.87. The van der Waals surface area contributed by atoms with E-state index in [4.69, 9.17) is 0 Å². The number of hydrogen-bond donors (Lipinski definition) is 0. The number of aryl methyl sites for hydroxylation is 3. The Bertz CT molecular complexity index is 943. The van der Waals surface area contributed by atoms with Crippen LogP contribution >= 0.6 is 0 Å². The molecule has 0 saturated carbocycles. The molecule has 24 heavy (non-hydrogen) atoms. The fourth-order valence-corrected chi connectivity index (χ4v) is 2.84. The highest BCUT2D eigenvalue weighted by Gasteiger charge is 2.15. The van der Waals surface area contributed by atoms with E-state index in [2.05, 4.69) is 4.98 Å². The highest BCUT2D eigenvalue weighted by molar-refractivity contribution is 5.98. The van der Waals surface area contributed by atoms with Gasteiger partial charge >= 0.3 is 0 Å². The predicted molar refractivity (Wildman–Crippen MR) is 95.5 cm³/mol. The Kier molecular flexibility index (Phi) is 4.56. The van der Waals surface area contributed by atoms with Gasteiger partial charge in [0.2, 0.25) is 5.43 Å². The van der Waals surface area contributed by atoms with E-state index in [1.165, 1.54) is 0 Å². The Labute approximate surface area is 140 Å². The molecule has 0 unspecified atom stereocenters. The summed E-state index contributed by atoms with van der Waals surface area (Å²) >= 11 is 0. The minimum absolute atomic E-state index is 0.117. The average Bonchev–Trinajstić information content (AvgIpc) is 2.61. The summed E-state index contributed by atoms with van der Waals surface area (Å²) in [7, 11) is 0. The second-order valence-corrected chi connectivity index (χ2v) is 5.89. The van der Waals surface area contributed by atoms with Gasteiger partial charge in [0.15, 0.2) is 5.78 Å². The largest absolute Gasteiger partial charge is 0.332 e. The summed E-state index contributed by atoms with van der Waals surface area (Å²) in [6, 6.07) is 13.4. The lowest BCUT2D eigenvalue weighted by Crippen LogP contribution is -2.20. The van der Waals surface area contributed by atoms with Crippen LogP contribution in [0.2, 0.25) is 0 Å². The van der Waals surface area contributed by atoms with Crippen LogP contribution in [0.25, 0.3) is 11.0 Å². The molecule has 3 aromatic rings. The molecule has 4 nitrogen and oxygen atoms in total. The van der Waals surface area contributed by atoms with Crippen molar-refractivity contribution in [3.8, 4) is 0 Å². The molecule has 0 radical (unpaired) electrons. The smallest absolute Gasteiger partial charge is 0.201 e. The number of ketones is 1. The van der Waals surface area contributed by atoms with Crippen LogP contribution in [0.5, 0.6) is 0 Å². The fraction of sp³-hybridized carbons (Fsp3) is 0.250. The van der Waals surface area contributed by atoms with E-state index in [-0.39, 0.29) is 16.8 Å². The van der Waals surface area contributed by atoms with Crippen LogP contribution in [0.3, 0.4) is 0 Å². The summed E-state index contributed by atoms with van der Waals surface area (Å²) in [5, 5.41) is 0.507. The fourth-order valence-electron chi connectivity index (χ4n) is 2.84. The van der Waals surface area contributed by atoms with Crippen LogP contribution in [-0.4, -0.2) is 15.3 Å². The molecule has 0 aliphatic rings. The maximum Gasteiger partial charge on any atom is 0.201 e. The van der Waals surface area contributed by atoms with Crippen molar-refractivity contribution in [3.63, 3.8) is 0 Å². The molecular weight excluding hydrogens is 300 g/mol. The minimum Gasteiger partial charge on any atom is -0.332 e. The van der Waals surface area contributed by atoms with Gasteiger partial charge in [-0.15, -0.1) is 0 Å². The quantitative estimate of drug-likeness (QED) is 0.676. The van der Waals surface area contributed by atoms with Crippen molar-refractivity contribution in [1.82, 2.24) is 9.55 Å². The molecule has 3 rings (SSSR count). The van der Waals surface area contributed by atoms with Gasteiger partial charge in [-0.3, -0.25) is 9.59 Å². The van der Waals surface area contributed by atoms with E-state index in [1.54, 1.807) is 12.3 Å². The predicted octanol–water partition coefficient (Wildman–Crippen LogP) is 3.54. The van der Waals surface area contributed by atoms with Gasteiger partial charge in [-0.2, -0.15) is 0 Å². The first-order valence-corrected chi connectivity index (χ1v) is 8.18. The van der Waals surface area contributed by atoms with Gasteiger partial charge in [0.25, 0.3) is 0 Å². The molecule has 0 amide bonds. The summed E-state index contributed by atoms with van der Waals surface area (Å²) in [5.74, 6) is -0.117. The number of carbonyl (C=O) groups is 1. The van der Waals surface area contributed by atoms with Gasteiger partial charge in [-0.1, -0.05) is 30.3 Å². The molecule has 0 N–H and O–H groups in total. The number of fused-ring (bicyclic) bond motifs is 1. The number of nitrogens with zero attached hydrogens (tertiary/aromatic N) is 2. The van der Waals surface area contributed by atoms with Gasteiger partial charge in [0.1, 0.15) is 5.65 Å². The molecule has 122 valence electrons. The second-order valence-electron chi connectivity index (χ2n) is 5.89. The van der Waals surface area contributed by atoms with Gasteiger partial charge in [0, 0.05) is 24.9 Å². The van der Waals surface area contributed by atoms with Crippen molar-refractivity contribution in [3.05, 3.63) is 75.7 Å². The standard InChI is InChI=1S/C20H20N2O2/c1-3-22-13-17(18(23)12-10-15-7-5-4-6-8-15)19(24)16-11-9-14(2)21-20(16)22/h4-9,11,13H,3,10,12H2,1-2H3. The minimum atomic E-state index is -0.222. The van der Waals surface area contributed by atoms with E-state index >= 15 is 0 Å². The zero-order valence-corrected chi connectivity index (χ0v) is 14.0. The number of rotatable bonds is 5. The highest BCUT2D eigenvalue weighted by atomic mass is 16.1. The Hall–Kier alpha value is -2.75. The normalized spacial score (nSPS) is 10.9. The Balaban J connectivity index is 1.97. The molecule has 1 aromatic carbocycles. The van der Waals surface area contributed by atoms with E-state index in [0.717, 1.165) is 11.3 Å². The second kappa shape index (κ2) is 6.79. The first-order chi connectivity index (χ1) is 11.6.